The van der Waals surface area contributed by atoms with Gasteiger partial charge in [-0.2, -0.15) is 4.99 Å². The number of carbonyl (C=O) groups excluding carboxylic acids is 1. The molecule has 0 N–H and O–H groups in total. The van der Waals surface area contributed by atoms with Crippen molar-refractivity contribution in [3.63, 3.8) is 0 Å². The maximum Gasteiger partial charge on any atom is 0.196 e. The summed E-state index contributed by atoms with van der Waals surface area (Å²) in [6, 6.07) is 6.89. The molecule has 96 valence electrons. The zero-order chi connectivity index (χ0) is 14.0. The Hall–Kier alpha value is -1.32. The van der Waals surface area contributed by atoms with E-state index >= 15 is 0 Å². The number of thiocarbonyl (C=S) groups is 1. The first-order valence-electron chi connectivity index (χ1n) is 5.52. The molecule has 2 aromatic rings. The van der Waals surface area contributed by atoms with Crippen LogP contribution in [-0.2, 0) is 0 Å². The topological polar surface area (TPSA) is 29.4 Å². The first-order valence-corrected chi connectivity index (χ1v) is 7.13. The van der Waals surface area contributed by atoms with Gasteiger partial charge in [-0.1, -0.05) is 23.7 Å². The van der Waals surface area contributed by atoms with E-state index in [9.17, 15) is 4.79 Å². The Morgan fingerprint density at radius 1 is 1.42 bits per heavy atom. The summed E-state index contributed by atoms with van der Waals surface area (Å²) < 4.78 is 0. The van der Waals surface area contributed by atoms with Crippen molar-refractivity contribution >= 4 is 51.1 Å². The normalized spacial score (nSPS) is 10.1. The summed E-state index contributed by atoms with van der Waals surface area (Å²) in [5, 5.41) is 3.47. The van der Waals surface area contributed by atoms with Crippen molar-refractivity contribution in [1.29, 1.82) is 0 Å². The van der Waals surface area contributed by atoms with E-state index in [4.69, 9.17) is 11.6 Å². The van der Waals surface area contributed by atoms with Crippen LogP contribution < -0.4 is 0 Å². The number of rotatable bonds is 3. The third kappa shape index (κ3) is 2.82. The molecule has 0 bridgehead atoms. The Kier molecular flexibility index (Phi) is 4.27. The molecule has 0 saturated carbocycles. The average Bonchev–Trinajstić information content (AvgIpc) is 2.65. The molecule has 0 amide bonds. The van der Waals surface area contributed by atoms with Crippen LogP contribution in [0.5, 0.6) is 0 Å². The van der Waals surface area contributed by atoms with E-state index in [1.165, 1.54) is 11.3 Å². The molecule has 2 rings (SSSR count). The van der Waals surface area contributed by atoms with Crippen LogP contribution in [0, 0.1) is 13.8 Å². The minimum absolute atomic E-state index is 0.0895. The molecule has 0 saturated heterocycles. The van der Waals surface area contributed by atoms with Crippen molar-refractivity contribution in [1.82, 2.24) is 0 Å². The molecule has 0 aliphatic heterocycles. The molecular formula is C14H10ClNOS2. The number of aliphatic imine (C=N–C) groups is 1. The maximum atomic E-state index is 12.6. The number of halogens is 1. The molecule has 1 heterocycles. The number of benzene rings is 1. The van der Waals surface area contributed by atoms with Gasteiger partial charge in [0.2, 0.25) is 0 Å². The summed E-state index contributed by atoms with van der Waals surface area (Å²) in [6.45, 7) is 3.86. The van der Waals surface area contributed by atoms with Gasteiger partial charge in [-0.05, 0) is 43.8 Å². The van der Waals surface area contributed by atoms with Crippen molar-refractivity contribution < 1.29 is 4.79 Å². The van der Waals surface area contributed by atoms with Crippen molar-refractivity contribution in [2.24, 2.45) is 4.99 Å². The molecule has 1 aromatic carbocycles. The van der Waals surface area contributed by atoms with Crippen LogP contribution in [0.4, 0.5) is 5.00 Å². The summed E-state index contributed by atoms with van der Waals surface area (Å²) in [6.07, 6.45) is 0. The van der Waals surface area contributed by atoms with E-state index < -0.39 is 0 Å². The Morgan fingerprint density at radius 3 is 2.79 bits per heavy atom. The minimum atomic E-state index is -0.0895. The van der Waals surface area contributed by atoms with E-state index in [0.717, 1.165) is 10.4 Å². The van der Waals surface area contributed by atoms with Crippen molar-refractivity contribution in [2.75, 3.05) is 0 Å². The Bertz CT molecular complexity index is 699. The summed E-state index contributed by atoms with van der Waals surface area (Å²) in [5.74, 6) is -0.0895. The maximum absolute atomic E-state index is 12.6. The molecule has 0 atom stereocenters. The van der Waals surface area contributed by atoms with E-state index in [1.54, 1.807) is 24.3 Å². The van der Waals surface area contributed by atoms with Crippen molar-refractivity contribution in [2.45, 2.75) is 13.8 Å². The van der Waals surface area contributed by atoms with Gasteiger partial charge in [-0.3, -0.25) is 4.79 Å². The third-order valence-corrected chi connectivity index (χ3v) is 4.26. The third-order valence-electron chi connectivity index (χ3n) is 2.83. The van der Waals surface area contributed by atoms with Crippen LogP contribution in [0.3, 0.4) is 0 Å². The highest BCUT2D eigenvalue weighted by Crippen LogP contribution is 2.36. The average molecular weight is 308 g/mol. The number of carbonyl (C=O) groups is 1. The van der Waals surface area contributed by atoms with Gasteiger partial charge < -0.3 is 0 Å². The number of nitrogens with zero attached hydrogens (tertiary/aromatic N) is 1. The van der Waals surface area contributed by atoms with Crippen LogP contribution in [0.2, 0.25) is 5.02 Å². The number of ketones is 1. The lowest BCUT2D eigenvalue weighted by Crippen LogP contribution is -2.02. The van der Waals surface area contributed by atoms with Gasteiger partial charge in [0.15, 0.2) is 5.78 Å². The van der Waals surface area contributed by atoms with Crippen LogP contribution in [0.15, 0.2) is 29.3 Å². The largest absolute Gasteiger partial charge is 0.288 e. The van der Waals surface area contributed by atoms with Crippen LogP contribution in [-0.4, -0.2) is 10.9 Å². The monoisotopic (exact) mass is 307 g/mol. The predicted octanol–water partition coefficient (Wildman–Crippen LogP) is 4.98. The molecule has 0 unspecified atom stereocenters. The van der Waals surface area contributed by atoms with E-state index in [-0.39, 0.29) is 5.78 Å². The first kappa shape index (κ1) is 14.1. The summed E-state index contributed by atoms with van der Waals surface area (Å²) in [7, 11) is 0. The predicted molar refractivity (Wildman–Crippen MR) is 83.4 cm³/mol. The van der Waals surface area contributed by atoms with Crippen LogP contribution in [0.25, 0.3) is 0 Å². The number of thiophene rings is 1. The highest BCUT2D eigenvalue weighted by molar-refractivity contribution is 7.78. The number of hydrogen-bond acceptors (Lipinski definition) is 4. The Morgan fingerprint density at radius 2 is 2.16 bits per heavy atom. The molecule has 1 aromatic heterocycles. The van der Waals surface area contributed by atoms with Crippen LogP contribution in [0.1, 0.15) is 26.4 Å². The summed E-state index contributed by atoms with van der Waals surface area (Å²) in [4.78, 5) is 17.6. The van der Waals surface area contributed by atoms with Crippen molar-refractivity contribution in [3.05, 3.63) is 50.9 Å². The quantitative estimate of drug-likeness (QED) is 0.454. The second kappa shape index (κ2) is 5.76. The van der Waals surface area contributed by atoms with Gasteiger partial charge in [0.25, 0.3) is 0 Å². The fraction of sp³-hybridized carbons (Fsp3) is 0.143. The molecule has 0 fully saturated rings. The van der Waals surface area contributed by atoms with Gasteiger partial charge in [0.1, 0.15) is 5.00 Å². The van der Waals surface area contributed by atoms with E-state index in [2.05, 4.69) is 22.4 Å². The molecular weight excluding hydrogens is 298 g/mol. The molecule has 19 heavy (non-hydrogen) atoms. The number of hydrogen-bond donors (Lipinski definition) is 0. The smallest absolute Gasteiger partial charge is 0.196 e. The highest BCUT2D eigenvalue weighted by atomic mass is 35.5. The van der Waals surface area contributed by atoms with Gasteiger partial charge in [-0.25, -0.2) is 0 Å². The second-order valence-corrected chi connectivity index (χ2v) is 5.83. The Balaban J connectivity index is 2.58. The van der Waals surface area contributed by atoms with Crippen molar-refractivity contribution in [3.8, 4) is 0 Å². The molecule has 5 heteroatoms. The molecule has 0 aliphatic rings. The molecule has 0 spiro atoms. The fourth-order valence-electron chi connectivity index (χ4n) is 1.77. The minimum Gasteiger partial charge on any atom is -0.288 e. The Labute approximate surface area is 125 Å². The zero-order valence-corrected chi connectivity index (χ0v) is 12.7. The molecule has 0 radical (unpaired) electrons. The summed E-state index contributed by atoms with van der Waals surface area (Å²) in [5.41, 5.74) is 2.07. The van der Waals surface area contributed by atoms with E-state index in [0.29, 0.717) is 21.2 Å². The SMILES string of the molecule is Cc1sc(N=C=S)c(C(=O)c2cccc(Cl)c2)c1C. The van der Waals surface area contributed by atoms with Gasteiger partial charge in [-0.15, -0.1) is 11.3 Å². The summed E-state index contributed by atoms with van der Waals surface area (Å²) >= 11 is 12.0. The van der Waals surface area contributed by atoms with Crippen LogP contribution >= 0.6 is 35.2 Å². The van der Waals surface area contributed by atoms with E-state index in [1.807, 2.05) is 13.8 Å². The standard InChI is InChI=1S/C14H10ClNOS2/c1-8-9(2)19-14(16-7-18)12(8)13(17)10-4-3-5-11(15)6-10/h3-6H,1-2H3. The lowest BCUT2D eigenvalue weighted by atomic mass is 10.0. The number of aryl methyl sites for hydroxylation is 1. The van der Waals surface area contributed by atoms with Gasteiger partial charge >= 0.3 is 0 Å². The highest BCUT2D eigenvalue weighted by Gasteiger charge is 2.20. The number of isothiocyanates is 1. The second-order valence-electron chi connectivity index (χ2n) is 4.01. The lowest BCUT2D eigenvalue weighted by molar-refractivity contribution is 0.103. The fourth-order valence-corrected chi connectivity index (χ4v) is 3.09. The lowest BCUT2D eigenvalue weighted by Gasteiger charge is -2.02. The first-order chi connectivity index (χ1) is 9.04. The van der Waals surface area contributed by atoms with Gasteiger partial charge in [0, 0.05) is 15.5 Å². The molecule has 2 nitrogen and oxygen atoms in total. The van der Waals surface area contributed by atoms with Gasteiger partial charge in [0.05, 0.1) is 10.7 Å². The zero-order valence-electron chi connectivity index (χ0n) is 10.4. The molecule has 0 aliphatic carbocycles.